The minimum atomic E-state index is -4.10. The number of ether oxygens (including phenoxy) is 1. The van der Waals surface area contributed by atoms with Gasteiger partial charge in [0.05, 0.1) is 12.7 Å². The van der Waals surface area contributed by atoms with Crippen LogP contribution in [-0.4, -0.2) is 43.1 Å². The van der Waals surface area contributed by atoms with Gasteiger partial charge in [-0.15, -0.1) is 0 Å². The normalized spacial score (nSPS) is 14.8. The molecule has 0 aromatic carbocycles. The van der Waals surface area contributed by atoms with Crippen LogP contribution in [0.4, 0.5) is 0 Å². The zero-order valence-corrected chi connectivity index (χ0v) is 6.75. The first kappa shape index (κ1) is 10.8. The lowest BCUT2D eigenvalue weighted by atomic mass is 10.4. The summed E-state index contributed by atoms with van der Waals surface area (Å²) in [5, 5.41) is 8.82. The van der Waals surface area contributed by atoms with E-state index in [1.807, 2.05) is 0 Å². The monoisotopic (exact) mass is 183 g/mol. The van der Waals surface area contributed by atoms with E-state index in [1.165, 1.54) is 0 Å². The van der Waals surface area contributed by atoms with Gasteiger partial charge in [0.2, 0.25) is 0 Å². The summed E-state index contributed by atoms with van der Waals surface area (Å²) in [5.74, 6) is -0.701. The van der Waals surface area contributed by atoms with E-state index >= 15 is 0 Å². The highest BCUT2D eigenvalue weighted by molar-refractivity contribution is 7.85. The number of rotatable bonds is 5. The van der Waals surface area contributed by atoms with Crippen LogP contribution in [0.1, 0.15) is 0 Å². The smallest absolute Gasteiger partial charge is 0.267 e. The lowest BCUT2D eigenvalue weighted by Crippen LogP contribution is -2.25. The van der Waals surface area contributed by atoms with Crippen LogP contribution in [0.5, 0.6) is 0 Å². The number of aliphatic hydroxyl groups excluding tert-OH is 1. The molecule has 6 heteroatoms. The molecular formula is C5H11O5S. The highest BCUT2D eigenvalue weighted by Gasteiger charge is 2.13. The summed E-state index contributed by atoms with van der Waals surface area (Å²) in [7, 11) is -4.10. The van der Waals surface area contributed by atoms with E-state index < -0.39 is 22.0 Å². The van der Waals surface area contributed by atoms with Crippen molar-refractivity contribution in [2.24, 2.45) is 0 Å². The van der Waals surface area contributed by atoms with Crippen molar-refractivity contribution in [3.8, 4) is 0 Å². The van der Waals surface area contributed by atoms with Gasteiger partial charge in [-0.25, -0.2) is 0 Å². The van der Waals surface area contributed by atoms with Crippen molar-refractivity contribution in [3.05, 3.63) is 6.92 Å². The van der Waals surface area contributed by atoms with E-state index in [9.17, 15) is 8.42 Å². The molecule has 0 amide bonds. The van der Waals surface area contributed by atoms with Crippen LogP contribution in [0.3, 0.4) is 0 Å². The predicted molar refractivity (Wildman–Crippen MR) is 38.6 cm³/mol. The van der Waals surface area contributed by atoms with Crippen molar-refractivity contribution in [1.29, 1.82) is 0 Å². The van der Waals surface area contributed by atoms with Gasteiger partial charge in [0.1, 0.15) is 5.75 Å². The van der Waals surface area contributed by atoms with Crippen molar-refractivity contribution in [3.63, 3.8) is 0 Å². The third-order valence-corrected chi connectivity index (χ3v) is 1.66. The zero-order valence-electron chi connectivity index (χ0n) is 5.93. The van der Waals surface area contributed by atoms with Crippen molar-refractivity contribution >= 4 is 10.1 Å². The zero-order chi connectivity index (χ0) is 8.91. The van der Waals surface area contributed by atoms with E-state index in [0.29, 0.717) is 0 Å². The summed E-state index contributed by atoms with van der Waals surface area (Å²) in [6, 6.07) is 0. The molecule has 11 heavy (non-hydrogen) atoms. The molecule has 0 bridgehead atoms. The Morgan fingerprint density at radius 1 is 1.55 bits per heavy atom. The minimum Gasteiger partial charge on any atom is -0.390 e. The minimum absolute atomic E-state index is 0.136. The van der Waals surface area contributed by atoms with E-state index in [4.69, 9.17) is 9.66 Å². The fourth-order valence-electron chi connectivity index (χ4n) is 0.511. The molecule has 67 valence electrons. The molecule has 0 aromatic rings. The quantitative estimate of drug-likeness (QED) is 0.539. The van der Waals surface area contributed by atoms with Gasteiger partial charge in [0.25, 0.3) is 10.1 Å². The van der Waals surface area contributed by atoms with Crippen LogP contribution < -0.4 is 0 Å². The molecule has 0 saturated carbocycles. The van der Waals surface area contributed by atoms with E-state index in [1.54, 1.807) is 0 Å². The predicted octanol–water partition coefficient (Wildman–Crippen LogP) is -0.914. The summed E-state index contributed by atoms with van der Waals surface area (Å²) >= 11 is 0. The molecule has 0 saturated heterocycles. The van der Waals surface area contributed by atoms with Gasteiger partial charge in [-0.05, 0) is 6.92 Å². The summed E-state index contributed by atoms with van der Waals surface area (Å²) < 4.78 is 33.1. The van der Waals surface area contributed by atoms with E-state index in [-0.39, 0.29) is 13.2 Å². The fraction of sp³-hybridized carbons (Fsp3) is 0.800. The highest BCUT2D eigenvalue weighted by Crippen LogP contribution is 1.91. The molecule has 1 unspecified atom stereocenters. The molecular weight excluding hydrogens is 172 g/mol. The molecule has 0 aromatic heterocycles. The third kappa shape index (κ3) is 7.73. The fourth-order valence-corrected chi connectivity index (χ4v) is 1.09. The topological polar surface area (TPSA) is 83.8 Å². The van der Waals surface area contributed by atoms with Gasteiger partial charge < -0.3 is 9.84 Å². The van der Waals surface area contributed by atoms with Crippen LogP contribution in [0, 0.1) is 6.92 Å². The Labute approximate surface area is 65.7 Å². The molecule has 0 rings (SSSR count). The second-order valence-corrected chi connectivity index (χ2v) is 3.47. The Kier molecular flexibility index (Phi) is 4.58. The van der Waals surface area contributed by atoms with Gasteiger partial charge in [-0.2, -0.15) is 8.42 Å². The maximum Gasteiger partial charge on any atom is 0.267 e. The molecule has 0 aliphatic rings. The number of hydrogen-bond donors (Lipinski definition) is 2. The van der Waals surface area contributed by atoms with Crippen molar-refractivity contribution in [2.75, 3.05) is 19.0 Å². The summed E-state index contributed by atoms with van der Waals surface area (Å²) in [5.41, 5.74) is 0. The Bertz CT molecular complexity index is 185. The first-order valence-corrected chi connectivity index (χ1v) is 4.57. The summed E-state index contributed by atoms with van der Waals surface area (Å²) in [6.07, 6.45) is -1.19. The molecule has 0 fully saturated rings. The van der Waals surface area contributed by atoms with Crippen LogP contribution in [-0.2, 0) is 14.9 Å². The molecule has 1 atom stereocenters. The Hall–Kier alpha value is -0.170. The van der Waals surface area contributed by atoms with E-state index in [0.717, 1.165) is 0 Å². The Balaban J connectivity index is 3.61. The molecule has 0 heterocycles. The lowest BCUT2D eigenvalue weighted by Gasteiger charge is -2.07. The average Bonchev–Trinajstić information content (AvgIpc) is 1.79. The van der Waals surface area contributed by atoms with E-state index in [2.05, 4.69) is 11.7 Å². The van der Waals surface area contributed by atoms with Crippen molar-refractivity contribution < 1.29 is 22.8 Å². The molecule has 0 aliphatic heterocycles. The van der Waals surface area contributed by atoms with Gasteiger partial charge in [0.15, 0.2) is 0 Å². The van der Waals surface area contributed by atoms with Crippen molar-refractivity contribution in [2.45, 2.75) is 6.10 Å². The summed E-state index contributed by atoms with van der Waals surface area (Å²) in [6.45, 7) is 3.33. The van der Waals surface area contributed by atoms with Gasteiger partial charge >= 0.3 is 0 Å². The average molecular weight is 183 g/mol. The first-order chi connectivity index (χ1) is 4.95. The van der Waals surface area contributed by atoms with Crippen LogP contribution >= 0.6 is 0 Å². The van der Waals surface area contributed by atoms with Gasteiger partial charge in [-0.3, -0.25) is 4.55 Å². The van der Waals surface area contributed by atoms with Gasteiger partial charge in [-0.1, -0.05) is 0 Å². The third-order valence-electron chi connectivity index (χ3n) is 0.858. The van der Waals surface area contributed by atoms with Crippen molar-refractivity contribution in [1.82, 2.24) is 0 Å². The number of aliphatic hydroxyl groups is 1. The van der Waals surface area contributed by atoms with Crippen LogP contribution in [0.2, 0.25) is 0 Å². The molecule has 0 aliphatic carbocycles. The van der Waals surface area contributed by atoms with Gasteiger partial charge in [0, 0.05) is 6.61 Å². The maximum absolute atomic E-state index is 10.1. The lowest BCUT2D eigenvalue weighted by molar-refractivity contribution is 0.0600. The largest absolute Gasteiger partial charge is 0.390 e. The highest BCUT2D eigenvalue weighted by atomic mass is 32.2. The standard InChI is InChI=1S/C5H11O5S/c1-2-10-3-5(6)4-11(7,8)9/h5-6H,1-4H2,(H,7,8,9). The molecule has 2 N–H and O–H groups in total. The Morgan fingerprint density at radius 3 is 2.45 bits per heavy atom. The molecule has 1 radical (unpaired) electrons. The Morgan fingerprint density at radius 2 is 2.09 bits per heavy atom. The molecule has 0 spiro atoms. The maximum atomic E-state index is 10.1. The van der Waals surface area contributed by atoms with Crippen LogP contribution in [0.15, 0.2) is 0 Å². The molecule has 5 nitrogen and oxygen atoms in total. The SMILES string of the molecule is [CH2]COCC(O)CS(=O)(=O)O. The first-order valence-electron chi connectivity index (χ1n) is 2.96. The van der Waals surface area contributed by atoms with Crippen LogP contribution in [0.25, 0.3) is 0 Å². The second-order valence-electron chi connectivity index (χ2n) is 1.98. The summed E-state index contributed by atoms with van der Waals surface area (Å²) in [4.78, 5) is 0. The number of hydrogen-bond acceptors (Lipinski definition) is 4. The second kappa shape index (κ2) is 4.66.